The minimum absolute atomic E-state index is 0.615. The van der Waals surface area contributed by atoms with Crippen LogP contribution in [0.3, 0.4) is 0 Å². The maximum atomic E-state index is 11.2. The van der Waals surface area contributed by atoms with Crippen LogP contribution in [0.5, 0.6) is 0 Å². The lowest BCUT2D eigenvalue weighted by Gasteiger charge is -2.17. The molecule has 0 spiro atoms. The van der Waals surface area contributed by atoms with E-state index in [1.54, 1.807) is 0 Å². The van der Waals surface area contributed by atoms with E-state index in [0.29, 0.717) is 17.0 Å². The number of nitrogens with zero attached hydrogens (tertiary/aromatic N) is 1. The van der Waals surface area contributed by atoms with Crippen molar-refractivity contribution in [1.82, 2.24) is 4.57 Å². The first-order valence-electron chi connectivity index (χ1n) is 9.18. The number of fused-ring (bicyclic) bond motifs is 3. The lowest BCUT2D eigenvalue weighted by Crippen LogP contribution is -2.10. The number of unbranched alkanes of at least 4 members (excludes halogenated alkanes) is 1. The van der Waals surface area contributed by atoms with Crippen molar-refractivity contribution in [2.45, 2.75) is 46.1 Å². The van der Waals surface area contributed by atoms with E-state index in [9.17, 15) is 9.59 Å². The molecule has 0 N–H and O–H groups in total. The lowest BCUT2D eigenvalue weighted by atomic mass is 9.99. The van der Waals surface area contributed by atoms with Crippen LogP contribution in [0.2, 0.25) is 0 Å². The summed E-state index contributed by atoms with van der Waals surface area (Å²) >= 11 is 0. The Balaban J connectivity index is 2.18. The van der Waals surface area contributed by atoms with Crippen LogP contribution in [-0.4, -0.2) is 17.1 Å². The molecule has 3 aromatic rings. The van der Waals surface area contributed by atoms with Gasteiger partial charge in [-0.3, -0.25) is 9.59 Å². The highest BCUT2D eigenvalue weighted by Gasteiger charge is 2.15. The van der Waals surface area contributed by atoms with Gasteiger partial charge < -0.3 is 4.57 Å². The van der Waals surface area contributed by atoms with Crippen LogP contribution >= 0.6 is 0 Å². The minimum atomic E-state index is 0.615. The van der Waals surface area contributed by atoms with Crippen LogP contribution in [0.1, 0.15) is 60.2 Å². The molecule has 0 aliphatic rings. The monoisotopic (exact) mass is 335 g/mol. The zero-order valence-electron chi connectivity index (χ0n) is 15.0. The third kappa shape index (κ3) is 3.37. The number of carbonyl (C=O) groups is 2. The second kappa shape index (κ2) is 7.64. The summed E-state index contributed by atoms with van der Waals surface area (Å²) in [6.07, 6.45) is 6.59. The van der Waals surface area contributed by atoms with Gasteiger partial charge in [-0.2, -0.15) is 0 Å². The van der Waals surface area contributed by atoms with Crippen LogP contribution in [0.25, 0.3) is 21.8 Å². The number of rotatable bonds is 8. The van der Waals surface area contributed by atoms with E-state index in [0.717, 1.165) is 47.3 Å². The average Bonchev–Trinajstić information content (AvgIpc) is 2.96. The third-order valence-electron chi connectivity index (χ3n) is 5.17. The van der Waals surface area contributed by atoms with Crippen molar-refractivity contribution in [3.63, 3.8) is 0 Å². The van der Waals surface area contributed by atoms with E-state index in [2.05, 4.69) is 18.4 Å². The number of carbonyl (C=O) groups excluding carboxylic acids is 2. The first-order chi connectivity index (χ1) is 12.2. The molecular weight excluding hydrogens is 310 g/mol. The summed E-state index contributed by atoms with van der Waals surface area (Å²) in [7, 11) is 0. The predicted molar refractivity (Wildman–Crippen MR) is 104 cm³/mol. The Hall–Kier alpha value is -2.42. The first kappa shape index (κ1) is 17.4. The molecule has 3 rings (SSSR count). The molecule has 2 aromatic carbocycles. The molecule has 0 aliphatic heterocycles. The summed E-state index contributed by atoms with van der Waals surface area (Å²) < 4.78 is 2.33. The molecule has 0 amide bonds. The second-order valence-corrected chi connectivity index (χ2v) is 6.82. The topological polar surface area (TPSA) is 39.1 Å². The average molecular weight is 335 g/mol. The van der Waals surface area contributed by atoms with Gasteiger partial charge in [0.1, 0.15) is 12.6 Å². The fourth-order valence-electron chi connectivity index (χ4n) is 3.65. The number of hydrogen-bond acceptors (Lipinski definition) is 2. The minimum Gasteiger partial charge on any atom is -0.340 e. The molecular formula is C22H25NO2. The molecule has 3 nitrogen and oxygen atoms in total. The predicted octanol–water partition coefficient (Wildman–Crippen LogP) is 5.64. The number of hydrogen-bond donors (Lipinski definition) is 0. The lowest BCUT2D eigenvalue weighted by molar-refractivity contribution is 0.111. The van der Waals surface area contributed by atoms with Crippen molar-refractivity contribution in [2.24, 2.45) is 5.92 Å². The van der Waals surface area contributed by atoms with Gasteiger partial charge >= 0.3 is 0 Å². The summed E-state index contributed by atoms with van der Waals surface area (Å²) in [4.78, 5) is 22.4. The molecule has 1 unspecified atom stereocenters. The molecule has 0 bridgehead atoms. The highest BCUT2D eigenvalue weighted by atomic mass is 16.1. The largest absolute Gasteiger partial charge is 0.340 e. The molecule has 1 heterocycles. The molecule has 1 atom stereocenters. The summed E-state index contributed by atoms with van der Waals surface area (Å²) in [5, 5.41) is 2.19. The van der Waals surface area contributed by atoms with Crippen molar-refractivity contribution < 1.29 is 9.59 Å². The summed E-state index contributed by atoms with van der Waals surface area (Å²) in [5.74, 6) is 0.615. The number of benzene rings is 2. The van der Waals surface area contributed by atoms with E-state index in [1.165, 1.54) is 19.3 Å². The van der Waals surface area contributed by atoms with Gasteiger partial charge in [0.25, 0.3) is 0 Å². The molecule has 3 heteroatoms. The Morgan fingerprint density at radius 1 is 0.920 bits per heavy atom. The standard InChI is InChI=1S/C22H25NO2/c1-3-5-6-16(4-2)13-23-21-10-8-17(14-24)11-20(21)19-9-7-18(15-25)12-22(19)23/h7-12,14-16H,3-6,13H2,1-2H3. The maximum Gasteiger partial charge on any atom is 0.150 e. The van der Waals surface area contributed by atoms with E-state index < -0.39 is 0 Å². The van der Waals surface area contributed by atoms with Gasteiger partial charge in [0.2, 0.25) is 0 Å². The fourth-order valence-corrected chi connectivity index (χ4v) is 3.65. The van der Waals surface area contributed by atoms with Crippen molar-refractivity contribution in [2.75, 3.05) is 0 Å². The zero-order valence-corrected chi connectivity index (χ0v) is 15.0. The molecule has 1 aromatic heterocycles. The van der Waals surface area contributed by atoms with Crippen LogP contribution in [0.15, 0.2) is 36.4 Å². The summed E-state index contributed by atoms with van der Waals surface area (Å²) in [6.45, 7) is 5.42. The zero-order chi connectivity index (χ0) is 17.8. The van der Waals surface area contributed by atoms with E-state index in [4.69, 9.17) is 0 Å². The fraction of sp³-hybridized carbons (Fsp3) is 0.364. The Bertz CT molecular complexity index is 907. The number of aromatic nitrogens is 1. The van der Waals surface area contributed by atoms with E-state index >= 15 is 0 Å². The van der Waals surface area contributed by atoms with E-state index in [-0.39, 0.29) is 0 Å². The number of aldehydes is 2. The van der Waals surface area contributed by atoms with Crippen LogP contribution in [0, 0.1) is 5.92 Å². The third-order valence-corrected chi connectivity index (χ3v) is 5.17. The Kier molecular flexibility index (Phi) is 5.32. The normalized spacial score (nSPS) is 12.6. The van der Waals surface area contributed by atoms with Crippen LogP contribution in [-0.2, 0) is 6.54 Å². The molecule has 0 aliphatic carbocycles. The summed E-state index contributed by atoms with van der Waals surface area (Å²) in [6, 6.07) is 11.7. The molecule has 25 heavy (non-hydrogen) atoms. The Labute approximate surface area is 148 Å². The van der Waals surface area contributed by atoms with Gasteiger partial charge in [-0.1, -0.05) is 45.2 Å². The Morgan fingerprint density at radius 2 is 1.64 bits per heavy atom. The van der Waals surface area contributed by atoms with Gasteiger partial charge in [-0.05, 0) is 36.6 Å². The molecule has 0 radical (unpaired) electrons. The second-order valence-electron chi connectivity index (χ2n) is 6.82. The highest BCUT2D eigenvalue weighted by Crippen LogP contribution is 2.32. The SMILES string of the molecule is CCCCC(CC)Cn1c2ccc(C=O)cc2c2ccc(C=O)cc21. The van der Waals surface area contributed by atoms with Crippen molar-refractivity contribution >= 4 is 34.4 Å². The van der Waals surface area contributed by atoms with Crippen molar-refractivity contribution in [1.29, 1.82) is 0 Å². The van der Waals surface area contributed by atoms with Crippen molar-refractivity contribution in [3.8, 4) is 0 Å². The smallest absolute Gasteiger partial charge is 0.150 e. The summed E-state index contributed by atoms with van der Waals surface area (Å²) in [5.41, 5.74) is 3.59. The maximum absolute atomic E-state index is 11.2. The van der Waals surface area contributed by atoms with Crippen LogP contribution < -0.4 is 0 Å². The Morgan fingerprint density at radius 3 is 2.32 bits per heavy atom. The van der Waals surface area contributed by atoms with Gasteiger partial charge in [0.05, 0.1) is 0 Å². The van der Waals surface area contributed by atoms with Gasteiger partial charge in [0, 0.05) is 39.5 Å². The quantitative estimate of drug-likeness (QED) is 0.500. The van der Waals surface area contributed by atoms with Gasteiger partial charge in [-0.25, -0.2) is 0 Å². The van der Waals surface area contributed by atoms with E-state index in [1.807, 2.05) is 36.4 Å². The van der Waals surface area contributed by atoms with Gasteiger partial charge in [-0.15, -0.1) is 0 Å². The van der Waals surface area contributed by atoms with Gasteiger partial charge in [0.15, 0.2) is 0 Å². The van der Waals surface area contributed by atoms with Crippen molar-refractivity contribution in [3.05, 3.63) is 47.5 Å². The molecule has 0 saturated heterocycles. The first-order valence-corrected chi connectivity index (χ1v) is 9.18. The highest BCUT2D eigenvalue weighted by molar-refractivity contribution is 6.10. The molecule has 0 saturated carbocycles. The molecule has 130 valence electrons. The van der Waals surface area contributed by atoms with Crippen LogP contribution in [0.4, 0.5) is 0 Å². The molecule has 0 fully saturated rings.